The Morgan fingerprint density at radius 1 is 0.614 bits per heavy atom. The van der Waals surface area contributed by atoms with Crippen LogP contribution in [0.4, 0.5) is 0 Å². The van der Waals surface area contributed by atoms with Crippen molar-refractivity contribution in [2.75, 3.05) is 0 Å². The number of para-hydroxylation sites is 1. The van der Waals surface area contributed by atoms with Gasteiger partial charge < -0.3 is 4.57 Å². The highest BCUT2D eigenvalue weighted by molar-refractivity contribution is 7.26. The summed E-state index contributed by atoms with van der Waals surface area (Å²) in [6.07, 6.45) is 7.88. The van der Waals surface area contributed by atoms with Gasteiger partial charge in [0.25, 0.3) is 0 Å². The normalized spacial score (nSPS) is 24.2. The van der Waals surface area contributed by atoms with Crippen LogP contribution in [0.15, 0.2) is 133 Å². The van der Waals surface area contributed by atoms with Crippen LogP contribution < -0.4 is 0 Å². The van der Waals surface area contributed by atoms with Crippen molar-refractivity contribution >= 4 is 64.1 Å². The van der Waals surface area contributed by atoms with Gasteiger partial charge in [0.05, 0.1) is 28.4 Å². The minimum absolute atomic E-state index is 0.0784. The lowest BCUT2D eigenvalue weighted by Gasteiger charge is -2.63. The summed E-state index contributed by atoms with van der Waals surface area (Å²) < 4.78 is 5.26. The molecule has 14 rings (SSSR count). The highest BCUT2D eigenvalue weighted by Crippen LogP contribution is 2.67. The summed E-state index contributed by atoms with van der Waals surface area (Å²) in [5.74, 6) is 1.54. The Kier molecular flexibility index (Phi) is 6.27. The molecule has 4 saturated carbocycles. The maximum absolute atomic E-state index is 9.70. The highest BCUT2D eigenvalue weighted by atomic mass is 32.1. The molecular weight excluding hydrogens is 709 g/mol. The van der Waals surface area contributed by atoms with Crippen molar-refractivity contribution in [3.8, 4) is 22.9 Å². The first-order chi connectivity index (χ1) is 27.8. The summed E-state index contributed by atoms with van der Waals surface area (Å²) in [6, 6.07) is 53.3. The third-order valence-corrected chi connectivity index (χ3v) is 16.6. The Bertz CT molecular complexity index is 3260. The van der Waals surface area contributed by atoms with E-state index in [2.05, 4.69) is 152 Å². The Hall–Kier alpha value is -5.69. The lowest BCUT2D eigenvalue weighted by molar-refractivity contribution is -0.0281. The third-order valence-electron chi connectivity index (χ3n) is 15.4. The number of nitrogens with zero attached hydrogens (tertiary/aromatic N) is 2. The largest absolute Gasteiger partial charge is 0.309 e. The average Bonchev–Trinajstić information content (AvgIpc) is 3.85. The molecule has 7 aromatic carbocycles. The van der Waals surface area contributed by atoms with Gasteiger partial charge in [0.2, 0.25) is 0 Å². The molecule has 4 bridgehead atoms. The fraction of sp³-hybridized carbons (Fsp3) is 0.241. The van der Waals surface area contributed by atoms with Gasteiger partial charge in [-0.3, -0.25) is 0 Å². The molecule has 9 aromatic rings. The van der Waals surface area contributed by atoms with Crippen molar-refractivity contribution in [3.05, 3.63) is 161 Å². The maximum atomic E-state index is 9.70. The van der Waals surface area contributed by atoms with E-state index in [0.29, 0.717) is 0 Å². The Balaban J connectivity index is 0.932. The molecule has 0 amide bonds. The van der Waals surface area contributed by atoms with Crippen molar-refractivity contribution in [2.45, 2.75) is 68.6 Å². The van der Waals surface area contributed by atoms with Crippen molar-refractivity contribution in [3.63, 3.8) is 0 Å². The van der Waals surface area contributed by atoms with Gasteiger partial charge in [-0.25, -0.2) is 0 Å². The number of fused-ring (bicyclic) bond motifs is 11. The van der Waals surface area contributed by atoms with Crippen LogP contribution in [0.3, 0.4) is 0 Å². The van der Waals surface area contributed by atoms with E-state index in [0.717, 1.165) is 17.4 Å². The molecule has 0 radical (unpaired) electrons. The van der Waals surface area contributed by atoms with Gasteiger partial charge >= 0.3 is 0 Å². The molecule has 0 spiro atoms. The number of nitriles is 1. The third kappa shape index (κ3) is 4.25. The number of hydrogen-bond acceptors (Lipinski definition) is 2. The van der Waals surface area contributed by atoms with Gasteiger partial charge in [0.15, 0.2) is 0 Å². The summed E-state index contributed by atoms with van der Waals surface area (Å²) >= 11 is 1.93. The second-order valence-electron chi connectivity index (χ2n) is 18.8. The maximum Gasteiger partial charge on any atom is 0.0991 e. The lowest BCUT2D eigenvalue weighted by Crippen LogP contribution is -2.56. The van der Waals surface area contributed by atoms with Gasteiger partial charge in [-0.15, -0.1) is 11.3 Å². The second-order valence-corrected chi connectivity index (χ2v) is 19.8. The molecule has 57 heavy (non-hydrogen) atoms. The molecule has 2 aromatic heterocycles. The van der Waals surface area contributed by atoms with Gasteiger partial charge in [0, 0.05) is 41.7 Å². The van der Waals surface area contributed by atoms with Gasteiger partial charge in [-0.2, -0.15) is 5.26 Å². The predicted octanol–water partition coefficient (Wildman–Crippen LogP) is 14.3. The first kappa shape index (κ1) is 32.4. The fourth-order valence-electron chi connectivity index (χ4n) is 13.4. The Labute approximate surface area is 337 Å². The van der Waals surface area contributed by atoms with Crippen LogP contribution in [-0.4, -0.2) is 4.57 Å². The minimum atomic E-state index is -0.0784. The molecule has 2 nitrogen and oxygen atoms in total. The smallest absolute Gasteiger partial charge is 0.0991 e. The molecule has 2 atom stereocenters. The molecule has 274 valence electrons. The molecule has 2 heterocycles. The Morgan fingerprint density at radius 2 is 1.35 bits per heavy atom. The van der Waals surface area contributed by atoms with Crippen molar-refractivity contribution in [1.29, 1.82) is 5.26 Å². The number of thiophene rings is 1. The SMILES string of the molecule is CC1(C)c2ccc(C#N)cc2-c2ccc(C34CC5CC(C3)CC(c3ccc6c(-n7c8ccccc8c8c9sc%10ccccc%10c9ccc87)cccc6c3)(C5)C4)cc21. The number of rotatable bonds is 3. The fourth-order valence-corrected chi connectivity index (χ4v) is 14.6. The molecular formula is C54H42N2S. The van der Waals surface area contributed by atoms with E-state index in [1.807, 2.05) is 17.4 Å². The number of benzene rings is 7. The number of aromatic nitrogens is 1. The van der Waals surface area contributed by atoms with Crippen LogP contribution in [0, 0.1) is 23.2 Å². The molecule has 2 unspecified atom stereocenters. The zero-order chi connectivity index (χ0) is 37.8. The van der Waals surface area contributed by atoms with Gasteiger partial charge in [-0.05, 0) is 136 Å². The van der Waals surface area contributed by atoms with E-state index in [9.17, 15) is 5.26 Å². The van der Waals surface area contributed by atoms with Crippen LogP contribution in [0.25, 0.3) is 69.6 Å². The zero-order valence-electron chi connectivity index (χ0n) is 32.4. The second kappa shape index (κ2) is 11.0. The van der Waals surface area contributed by atoms with E-state index in [1.54, 1.807) is 11.1 Å². The van der Waals surface area contributed by atoms with Crippen LogP contribution in [-0.2, 0) is 16.2 Å². The van der Waals surface area contributed by atoms with E-state index in [4.69, 9.17) is 0 Å². The Morgan fingerprint density at radius 3 is 2.18 bits per heavy atom. The monoisotopic (exact) mass is 750 g/mol. The van der Waals surface area contributed by atoms with E-state index in [-0.39, 0.29) is 16.2 Å². The van der Waals surface area contributed by atoms with Crippen molar-refractivity contribution in [1.82, 2.24) is 4.57 Å². The topological polar surface area (TPSA) is 28.7 Å². The van der Waals surface area contributed by atoms with E-state index >= 15 is 0 Å². The molecule has 5 aliphatic rings. The first-order valence-corrected chi connectivity index (χ1v) is 21.7. The van der Waals surface area contributed by atoms with Gasteiger partial charge in [-0.1, -0.05) is 111 Å². The van der Waals surface area contributed by atoms with Gasteiger partial charge in [0.1, 0.15) is 0 Å². The molecule has 4 fully saturated rings. The van der Waals surface area contributed by atoms with Crippen LogP contribution in [0.1, 0.15) is 80.2 Å². The molecule has 0 saturated heterocycles. The predicted molar refractivity (Wildman–Crippen MR) is 238 cm³/mol. The van der Waals surface area contributed by atoms with Crippen LogP contribution in [0.5, 0.6) is 0 Å². The van der Waals surface area contributed by atoms with Crippen molar-refractivity contribution in [2.24, 2.45) is 11.8 Å². The standard InChI is InChI=1S/C54H42N2S/c1-52(2)44-20-14-32(30-55)23-43(44)39-18-16-37(25-45(39)52)54-28-33-22-34(29-54)27-53(26-33,31-54)36-15-17-38-35(24-36)8-7-12-46(38)56-47-11-5-3-10-42(47)50-48(56)21-19-41-40-9-4-6-13-49(40)57-51(41)50/h3-21,23-25,33-34H,22,26-29,31H2,1-2H3. The molecule has 0 aliphatic heterocycles. The zero-order valence-corrected chi connectivity index (χ0v) is 33.2. The van der Waals surface area contributed by atoms with E-state index < -0.39 is 0 Å². The summed E-state index contributed by atoms with van der Waals surface area (Å²) in [6.45, 7) is 4.75. The first-order valence-electron chi connectivity index (χ1n) is 20.9. The summed E-state index contributed by atoms with van der Waals surface area (Å²) in [7, 11) is 0. The average molecular weight is 751 g/mol. The van der Waals surface area contributed by atoms with E-state index in [1.165, 1.54) is 119 Å². The lowest BCUT2D eigenvalue weighted by atomic mass is 9.41. The summed E-state index contributed by atoms with van der Waals surface area (Å²) in [5, 5.41) is 17.7. The van der Waals surface area contributed by atoms with Crippen molar-refractivity contribution < 1.29 is 0 Å². The molecule has 3 heteroatoms. The minimum Gasteiger partial charge on any atom is -0.309 e. The quantitative estimate of drug-likeness (QED) is 0.177. The van der Waals surface area contributed by atoms with Crippen LogP contribution in [0.2, 0.25) is 0 Å². The summed E-state index contributed by atoms with van der Waals surface area (Å²) in [5.41, 5.74) is 13.3. The highest BCUT2D eigenvalue weighted by Gasteiger charge is 2.59. The van der Waals surface area contributed by atoms with Crippen LogP contribution >= 0.6 is 11.3 Å². The number of hydrogen-bond donors (Lipinski definition) is 0. The molecule has 0 N–H and O–H groups in total. The summed E-state index contributed by atoms with van der Waals surface area (Å²) in [4.78, 5) is 0. The molecule has 5 aliphatic carbocycles.